The van der Waals surface area contributed by atoms with E-state index in [-0.39, 0.29) is 33.3 Å². The molecule has 5 nitrogen and oxygen atoms in total. The van der Waals surface area contributed by atoms with Crippen LogP contribution in [0, 0.1) is 0 Å². The van der Waals surface area contributed by atoms with E-state index in [1.807, 2.05) is 0 Å². The number of allylic oxidation sites excluding steroid dienone is 2. The van der Waals surface area contributed by atoms with Crippen LogP contribution in [0.25, 0.3) is 0 Å². The highest BCUT2D eigenvalue weighted by atomic mass is 35.5. The van der Waals surface area contributed by atoms with Crippen LogP contribution in [-0.4, -0.2) is 47.8 Å². The lowest BCUT2D eigenvalue weighted by Crippen LogP contribution is -2.20. The van der Waals surface area contributed by atoms with Crippen LogP contribution in [-0.2, 0) is 21.1 Å². The lowest BCUT2D eigenvalue weighted by molar-refractivity contribution is -0.115. The van der Waals surface area contributed by atoms with Gasteiger partial charge < -0.3 is 5.11 Å². The van der Waals surface area contributed by atoms with Crippen LogP contribution >= 0.6 is 35.1 Å². The first-order chi connectivity index (χ1) is 13.2. The smallest absolute Gasteiger partial charge is 0.198 e. The van der Waals surface area contributed by atoms with Crippen molar-refractivity contribution in [3.63, 3.8) is 0 Å². The Labute approximate surface area is 178 Å². The van der Waals surface area contributed by atoms with E-state index in [2.05, 4.69) is 0 Å². The average Bonchev–Trinajstić information content (AvgIpc) is 2.90. The van der Waals surface area contributed by atoms with Gasteiger partial charge >= 0.3 is 0 Å². The fourth-order valence-corrected chi connectivity index (χ4v) is 8.01. The molecule has 0 saturated carbocycles. The number of Topliss-reactive ketones (excluding diaryl/α,β-unsaturated/α-hetero) is 2. The van der Waals surface area contributed by atoms with Crippen molar-refractivity contribution in [3.05, 3.63) is 38.8 Å². The molecule has 0 radical (unpaired) electrons. The predicted octanol–water partition coefficient (Wildman–Crippen LogP) is 3.66. The summed E-state index contributed by atoms with van der Waals surface area (Å²) in [5, 5.41) is 9.66. The van der Waals surface area contributed by atoms with Crippen LogP contribution < -0.4 is 0 Å². The second kappa shape index (κ2) is 8.52. The first-order valence-corrected chi connectivity index (χ1v) is 13.1. The number of fused-ring (bicyclic) bond motifs is 1. The molecule has 1 aliphatic carbocycles. The summed E-state index contributed by atoms with van der Waals surface area (Å²) in [5.41, 5.74) is 0.743. The number of ketones is 2. The summed E-state index contributed by atoms with van der Waals surface area (Å²) in [6.07, 6.45) is 2.99. The van der Waals surface area contributed by atoms with Crippen molar-refractivity contribution < 1.29 is 23.1 Å². The van der Waals surface area contributed by atoms with Gasteiger partial charge in [0.1, 0.15) is 4.58 Å². The number of carbonyl (C=O) groups is 2. The molecule has 3 rings (SSSR count). The van der Waals surface area contributed by atoms with Crippen LogP contribution in [0.1, 0.15) is 42.1 Å². The Morgan fingerprint density at radius 3 is 2.71 bits per heavy atom. The number of aliphatic hydroxyl groups is 1. The highest BCUT2D eigenvalue weighted by Gasteiger charge is 2.39. The van der Waals surface area contributed by atoms with Gasteiger partial charge in [-0.05, 0) is 48.6 Å². The maximum atomic E-state index is 13.2. The molecule has 2 atom stereocenters. The molecule has 0 bridgehead atoms. The molecule has 152 valence electrons. The molecule has 1 aromatic carbocycles. The molecule has 0 aromatic heterocycles. The van der Waals surface area contributed by atoms with E-state index in [1.165, 1.54) is 35.7 Å². The molecule has 1 heterocycles. The van der Waals surface area contributed by atoms with Gasteiger partial charge in [-0.1, -0.05) is 11.6 Å². The van der Waals surface area contributed by atoms with Crippen molar-refractivity contribution in [1.82, 2.24) is 0 Å². The van der Waals surface area contributed by atoms with E-state index in [0.29, 0.717) is 35.5 Å². The normalized spacial score (nSPS) is 22.3. The molecular formula is C19H21ClO5S3. The SMILES string of the molecule is CSC1Cc2c(ccc(C(=O)C3=C(SCC(C)O)CCCC3=O)c2Cl)S1(=O)=O. The van der Waals surface area contributed by atoms with Crippen LogP contribution in [0.5, 0.6) is 0 Å². The molecule has 1 N–H and O–H groups in total. The highest BCUT2D eigenvalue weighted by molar-refractivity contribution is 8.13. The Kier molecular flexibility index (Phi) is 6.66. The average molecular weight is 461 g/mol. The van der Waals surface area contributed by atoms with E-state index in [9.17, 15) is 23.1 Å². The summed E-state index contributed by atoms with van der Waals surface area (Å²) in [5.74, 6) is -0.295. The number of carbonyl (C=O) groups excluding carboxylic acids is 2. The van der Waals surface area contributed by atoms with Crippen molar-refractivity contribution in [1.29, 1.82) is 0 Å². The van der Waals surface area contributed by atoms with Crippen molar-refractivity contribution in [2.24, 2.45) is 0 Å². The monoisotopic (exact) mass is 460 g/mol. The summed E-state index contributed by atoms with van der Waals surface area (Å²) in [7, 11) is -3.47. The number of thioether (sulfide) groups is 2. The fourth-order valence-electron chi connectivity index (χ4n) is 3.43. The highest BCUT2D eigenvalue weighted by Crippen LogP contribution is 2.42. The first-order valence-electron chi connectivity index (χ1n) is 8.88. The van der Waals surface area contributed by atoms with Gasteiger partial charge in [-0.25, -0.2) is 8.42 Å². The largest absolute Gasteiger partial charge is 0.393 e. The number of sulfone groups is 1. The third kappa shape index (κ3) is 3.94. The van der Waals surface area contributed by atoms with E-state index in [1.54, 1.807) is 13.2 Å². The Balaban J connectivity index is 2.04. The molecule has 0 spiro atoms. The van der Waals surface area contributed by atoms with E-state index >= 15 is 0 Å². The topological polar surface area (TPSA) is 88.5 Å². The molecule has 0 amide bonds. The number of aliphatic hydroxyl groups excluding tert-OH is 1. The van der Waals surface area contributed by atoms with Gasteiger partial charge in [0.15, 0.2) is 21.4 Å². The Bertz CT molecular complexity index is 966. The lowest BCUT2D eigenvalue weighted by atomic mass is 9.91. The number of hydrogen-bond acceptors (Lipinski definition) is 7. The summed E-state index contributed by atoms with van der Waals surface area (Å²) < 4.78 is 24.5. The maximum absolute atomic E-state index is 13.2. The number of halogens is 1. The molecule has 1 aromatic rings. The van der Waals surface area contributed by atoms with E-state index in [4.69, 9.17) is 11.6 Å². The summed E-state index contributed by atoms with van der Waals surface area (Å²) in [6, 6.07) is 2.84. The lowest BCUT2D eigenvalue weighted by Gasteiger charge is -2.19. The number of rotatable bonds is 6. The van der Waals surface area contributed by atoms with Crippen LogP contribution in [0.15, 0.2) is 27.5 Å². The number of benzene rings is 1. The van der Waals surface area contributed by atoms with Crippen molar-refractivity contribution >= 4 is 56.5 Å². The quantitative estimate of drug-likeness (QED) is 0.511. The summed E-state index contributed by atoms with van der Waals surface area (Å²) in [4.78, 5) is 26.6. The first kappa shape index (κ1) is 21.9. The second-order valence-corrected chi connectivity index (χ2v) is 11.8. The van der Waals surface area contributed by atoms with Crippen molar-refractivity contribution in [2.45, 2.75) is 48.2 Å². The van der Waals surface area contributed by atoms with Crippen LogP contribution in [0.3, 0.4) is 0 Å². The standard InChI is InChI=1S/C19H21ClO5S3/c1-10(21)9-27-14-5-3-4-13(22)17(14)19(23)11-6-7-15-12(18(11)20)8-16(26-2)28(15,24)25/h6-7,10,16,21H,3-5,8-9H2,1-2H3. The molecule has 9 heteroatoms. The van der Waals surface area contributed by atoms with Gasteiger partial charge in [-0.2, -0.15) is 0 Å². The minimum absolute atomic E-state index is 0.119. The third-order valence-corrected chi connectivity index (χ3v) is 10.5. The zero-order valence-electron chi connectivity index (χ0n) is 15.5. The Morgan fingerprint density at radius 2 is 2.07 bits per heavy atom. The van der Waals surface area contributed by atoms with Crippen molar-refractivity contribution in [3.8, 4) is 0 Å². The van der Waals surface area contributed by atoms with Crippen molar-refractivity contribution in [2.75, 3.05) is 12.0 Å². The predicted molar refractivity (Wildman–Crippen MR) is 114 cm³/mol. The molecule has 1 aliphatic heterocycles. The molecule has 0 saturated heterocycles. The molecule has 2 unspecified atom stereocenters. The van der Waals surface area contributed by atoms with Crippen LogP contribution in [0.4, 0.5) is 0 Å². The Hall–Kier alpha value is -0.800. The zero-order chi connectivity index (χ0) is 20.6. The van der Waals surface area contributed by atoms with Gasteiger partial charge in [-0.3, -0.25) is 9.59 Å². The summed E-state index contributed by atoms with van der Waals surface area (Å²) >= 11 is 9.02. The van der Waals surface area contributed by atoms with Gasteiger partial charge in [-0.15, -0.1) is 23.5 Å². The molecule has 28 heavy (non-hydrogen) atoms. The maximum Gasteiger partial charge on any atom is 0.198 e. The third-order valence-electron chi connectivity index (χ3n) is 4.82. The van der Waals surface area contributed by atoms with Gasteiger partial charge in [0.2, 0.25) is 0 Å². The molecule has 2 aliphatic rings. The van der Waals surface area contributed by atoms with Gasteiger partial charge in [0.25, 0.3) is 0 Å². The number of hydrogen-bond donors (Lipinski definition) is 1. The minimum Gasteiger partial charge on any atom is -0.393 e. The summed E-state index contributed by atoms with van der Waals surface area (Å²) in [6.45, 7) is 1.65. The fraction of sp³-hybridized carbons (Fsp3) is 0.474. The Morgan fingerprint density at radius 1 is 1.36 bits per heavy atom. The zero-order valence-corrected chi connectivity index (χ0v) is 18.7. The van der Waals surface area contributed by atoms with Crippen LogP contribution in [0.2, 0.25) is 5.02 Å². The minimum atomic E-state index is -3.47. The van der Waals surface area contributed by atoms with E-state index < -0.39 is 26.3 Å². The van der Waals surface area contributed by atoms with E-state index in [0.717, 1.165) is 0 Å². The molecule has 0 fully saturated rings. The van der Waals surface area contributed by atoms with Gasteiger partial charge in [0, 0.05) is 24.2 Å². The molecular weight excluding hydrogens is 440 g/mol. The second-order valence-electron chi connectivity index (χ2n) is 6.88. The van der Waals surface area contributed by atoms with Gasteiger partial charge in [0.05, 0.1) is 21.6 Å².